The van der Waals surface area contributed by atoms with Gasteiger partial charge in [0.05, 0.1) is 6.61 Å². The van der Waals surface area contributed by atoms with E-state index >= 15 is 0 Å². The molecule has 25 heavy (non-hydrogen) atoms. The Kier molecular flexibility index (Phi) is 8.75. The summed E-state index contributed by atoms with van der Waals surface area (Å²) in [5.41, 5.74) is 1.12. The number of carboxylic acid groups (broad SMARTS) is 1. The van der Waals surface area contributed by atoms with Crippen LogP contribution in [0, 0.1) is 5.92 Å². The molecule has 2 atom stereocenters. The van der Waals surface area contributed by atoms with Gasteiger partial charge < -0.3 is 15.2 Å². The minimum atomic E-state index is -1.14. The monoisotopic (exact) mass is 347 g/mol. The molecule has 0 aliphatic rings. The second-order valence-electron chi connectivity index (χ2n) is 6.51. The van der Waals surface area contributed by atoms with E-state index in [4.69, 9.17) is 9.84 Å². The smallest absolute Gasteiger partial charge is 0.328 e. The summed E-state index contributed by atoms with van der Waals surface area (Å²) < 4.78 is 5.69. The first-order valence-corrected chi connectivity index (χ1v) is 8.79. The number of amides is 1. The van der Waals surface area contributed by atoms with Crippen LogP contribution in [0.5, 0.6) is 5.75 Å². The van der Waals surface area contributed by atoms with Crippen LogP contribution in [-0.4, -0.2) is 29.6 Å². The Morgan fingerprint density at radius 2 is 1.80 bits per heavy atom. The predicted octanol–water partition coefficient (Wildman–Crippen LogP) is 3.75. The molecular formula is C20H29NO4. The van der Waals surface area contributed by atoms with Gasteiger partial charge in [0.15, 0.2) is 0 Å². The molecular weight excluding hydrogens is 318 g/mol. The lowest BCUT2D eigenvalue weighted by molar-refractivity contribution is -0.131. The molecule has 5 nitrogen and oxygen atoms in total. The number of ether oxygens (including phenoxy) is 1. The molecule has 0 radical (unpaired) electrons. The summed E-state index contributed by atoms with van der Waals surface area (Å²) in [6, 6.07) is 7.85. The first kappa shape index (κ1) is 20.7. The van der Waals surface area contributed by atoms with E-state index in [1.54, 1.807) is 0 Å². The fraction of sp³-hybridized carbons (Fsp3) is 0.500. The van der Waals surface area contributed by atoms with E-state index in [0.717, 1.165) is 36.3 Å². The maximum absolute atomic E-state index is 11.8. The van der Waals surface area contributed by atoms with Crippen molar-refractivity contribution in [2.24, 2.45) is 5.92 Å². The molecule has 1 aromatic carbocycles. The van der Waals surface area contributed by atoms with Crippen LogP contribution in [0.1, 0.15) is 52.0 Å². The largest absolute Gasteiger partial charge is 0.494 e. The minimum absolute atomic E-state index is 0.117. The summed E-state index contributed by atoms with van der Waals surface area (Å²) in [7, 11) is 0. The van der Waals surface area contributed by atoms with Gasteiger partial charge in [-0.05, 0) is 37.0 Å². The highest BCUT2D eigenvalue weighted by molar-refractivity contribution is 5.94. The molecule has 0 fully saturated rings. The minimum Gasteiger partial charge on any atom is -0.494 e. The lowest BCUT2D eigenvalue weighted by Crippen LogP contribution is -2.38. The topological polar surface area (TPSA) is 75.6 Å². The Hall–Kier alpha value is -2.30. The molecule has 5 heteroatoms. The van der Waals surface area contributed by atoms with Gasteiger partial charge in [0.2, 0.25) is 5.91 Å². The van der Waals surface area contributed by atoms with Crippen molar-refractivity contribution in [2.75, 3.05) is 6.61 Å². The zero-order valence-corrected chi connectivity index (χ0v) is 15.5. The third-order valence-electron chi connectivity index (χ3n) is 4.04. The van der Waals surface area contributed by atoms with Crippen molar-refractivity contribution in [2.45, 2.75) is 52.5 Å². The van der Waals surface area contributed by atoms with Gasteiger partial charge in [0, 0.05) is 24.1 Å². The second kappa shape index (κ2) is 10.5. The standard InChI is InChI=1S/C20H29NO4/c1-5-6-13-25-17-9-7-16(8-10-17)20(14(2)3)15(4)21-18(22)11-12-19(23)24/h7-12,14-15,20H,5-6,13H2,1-4H3,(H,21,22)(H,23,24)/b12-11+/t15-,20+/m0/s1. The molecule has 138 valence electrons. The van der Waals surface area contributed by atoms with Crippen LogP contribution in [0.2, 0.25) is 0 Å². The van der Waals surface area contributed by atoms with Crippen molar-refractivity contribution >= 4 is 11.9 Å². The van der Waals surface area contributed by atoms with E-state index in [2.05, 4.69) is 26.1 Å². The molecule has 0 spiro atoms. The molecule has 0 saturated carbocycles. The number of aliphatic carboxylic acids is 1. The predicted molar refractivity (Wildman–Crippen MR) is 98.8 cm³/mol. The van der Waals surface area contributed by atoms with Gasteiger partial charge in [-0.1, -0.05) is 39.3 Å². The number of hydrogen-bond donors (Lipinski definition) is 2. The van der Waals surface area contributed by atoms with Crippen molar-refractivity contribution in [3.8, 4) is 5.75 Å². The fourth-order valence-corrected chi connectivity index (χ4v) is 2.88. The summed E-state index contributed by atoms with van der Waals surface area (Å²) in [5.74, 6) is -0.264. The van der Waals surface area contributed by atoms with Gasteiger partial charge in [-0.3, -0.25) is 4.79 Å². The summed E-state index contributed by atoms with van der Waals surface area (Å²) in [5, 5.41) is 11.4. The molecule has 0 aliphatic carbocycles. The average Bonchev–Trinajstić information content (AvgIpc) is 2.54. The molecule has 0 heterocycles. The first-order valence-electron chi connectivity index (χ1n) is 8.79. The van der Waals surface area contributed by atoms with Crippen LogP contribution in [-0.2, 0) is 9.59 Å². The summed E-state index contributed by atoms with van der Waals surface area (Å²) >= 11 is 0. The van der Waals surface area contributed by atoms with Gasteiger partial charge >= 0.3 is 5.97 Å². The van der Waals surface area contributed by atoms with Crippen molar-refractivity contribution in [1.82, 2.24) is 5.32 Å². The Bertz CT molecular complexity index is 578. The molecule has 2 N–H and O–H groups in total. The Labute approximate surface area is 150 Å². The number of hydrogen-bond acceptors (Lipinski definition) is 3. The number of benzene rings is 1. The van der Waals surface area contributed by atoms with Gasteiger partial charge in [0.1, 0.15) is 5.75 Å². The van der Waals surface area contributed by atoms with Crippen LogP contribution in [0.4, 0.5) is 0 Å². The molecule has 0 unspecified atom stereocenters. The molecule has 1 aromatic rings. The van der Waals surface area contributed by atoms with E-state index in [9.17, 15) is 9.59 Å². The fourth-order valence-electron chi connectivity index (χ4n) is 2.88. The first-order chi connectivity index (χ1) is 11.8. The molecule has 0 aliphatic heterocycles. The highest BCUT2D eigenvalue weighted by atomic mass is 16.5. The Balaban J connectivity index is 2.78. The lowest BCUT2D eigenvalue weighted by Gasteiger charge is -2.28. The Morgan fingerprint density at radius 3 is 2.32 bits per heavy atom. The zero-order valence-electron chi connectivity index (χ0n) is 15.5. The van der Waals surface area contributed by atoms with E-state index in [-0.39, 0.29) is 12.0 Å². The third-order valence-corrected chi connectivity index (χ3v) is 4.04. The van der Waals surface area contributed by atoms with E-state index in [1.807, 2.05) is 31.2 Å². The number of carbonyl (C=O) groups excluding carboxylic acids is 1. The van der Waals surface area contributed by atoms with Gasteiger partial charge in [-0.2, -0.15) is 0 Å². The molecule has 1 amide bonds. The van der Waals surface area contributed by atoms with Gasteiger partial charge in [0.25, 0.3) is 0 Å². The summed E-state index contributed by atoms with van der Waals surface area (Å²) in [4.78, 5) is 22.3. The van der Waals surface area contributed by atoms with Crippen LogP contribution >= 0.6 is 0 Å². The van der Waals surface area contributed by atoms with Crippen LogP contribution in [0.15, 0.2) is 36.4 Å². The number of unbranched alkanes of at least 4 members (excludes halogenated alkanes) is 1. The van der Waals surface area contributed by atoms with Crippen molar-refractivity contribution in [1.29, 1.82) is 0 Å². The maximum Gasteiger partial charge on any atom is 0.328 e. The highest BCUT2D eigenvalue weighted by Crippen LogP contribution is 2.29. The van der Waals surface area contributed by atoms with E-state index < -0.39 is 11.9 Å². The zero-order chi connectivity index (χ0) is 18.8. The molecule has 0 bridgehead atoms. The highest BCUT2D eigenvalue weighted by Gasteiger charge is 2.23. The molecule has 1 rings (SSSR count). The van der Waals surface area contributed by atoms with Crippen LogP contribution < -0.4 is 10.1 Å². The summed E-state index contributed by atoms with van der Waals surface area (Å²) in [6.45, 7) is 8.98. The van der Waals surface area contributed by atoms with E-state index in [1.165, 1.54) is 0 Å². The Morgan fingerprint density at radius 1 is 1.16 bits per heavy atom. The molecule has 0 aromatic heterocycles. The number of nitrogens with one attached hydrogen (secondary N) is 1. The van der Waals surface area contributed by atoms with Crippen molar-refractivity contribution < 1.29 is 19.4 Å². The van der Waals surface area contributed by atoms with Gasteiger partial charge in [-0.25, -0.2) is 4.79 Å². The average molecular weight is 347 g/mol. The number of rotatable bonds is 10. The van der Waals surface area contributed by atoms with Crippen LogP contribution in [0.3, 0.4) is 0 Å². The summed E-state index contributed by atoms with van der Waals surface area (Å²) in [6.07, 6.45) is 4.01. The lowest BCUT2D eigenvalue weighted by atomic mass is 9.83. The SMILES string of the molecule is CCCCOc1ccc([C@H](C(C)C)[C@H](C)NC(=O)/C=C/C(=O)O)cc1. The number of carbonyl (C=O) groups is 2. The number of carboxylic acids is 1. The van der Waals surface area contributed by atoms with E-state index in [0.29, 0.717) is 12.5 Å². The van der Waals surface area contributed by atoms with Crippen LogP contribution in [0.25, 0.3) is 0 Å². The quantitative estimate of drug-likeness (QED) is 0.499. The van der Waals surface area contributed by atoms with Gasteiger partial charge in [-0.15, -0.1) is 0 Å². The second-order valence-corrected chi connectivity index (χ2v) is 6.51. The van der Waals surface area contributed by atoms with Crippen molar-refractivity contribution in [3.63, 3.8) is 0 Å². The normalized spacial score (nSPS) is 13.6. The third kappa shape index (κ3) is 7.42. The maximum atomic E-state index is 11.8. The molecule has 0 saturated heterocycles. The van der Waals surface area contributed by atoms with Crippen molar-refractivity contribution in [3.05, 3.63) is 42.0 Å².